The van der Waals surface area contributed by atoms with Crippen LogP contribution in [0.3, 0.4) is 0 Å². The summed E-state index contributed by atoms with van der Waals surface area (Å²) in [6.45, 7) is 5.99. The molecule has 1 heterocycles. The van der Waals surface area contributed by atoms with E-state index < -0.39 is 10.0 Å². The second-order valence-corrected chi connectivity index (χ2v) is 7.19. The van der Waals surface area contributed by atoms with Gasteiger partial charge < -0.3 is 0 Å². The molecule has 1 unspecified atom stereocenters. The molecule has 5 nitrogen and oxygen atoms in total. The first-order valence-electron chi connectivity index (χ1n) is 6.89. The zero-order valence-corrected chi connectivity index (χ0v) is 14.2. The van der Waals surface area contributed by atoms with Gasteiger partial charge in [-0.25, -0.2) is 13.1 Å². The zero-order valence-electron chi connectivity index (χ0n) is 12.6. The summed E-state index contributed by atoms with van der Waals surface area (Å²) < 4.78 is 29.1. The van der Waals surface area contributed by atoms with Gasteiger partial charge in [-0.1, -0.05) is 13.3 Å². The van der Waals surface area contributed by atoms with Crippen LogP contribution >= 0.6 is 11.6 Å². The maximum atomic E-state index is 12.4. The molecule has 0 bridgehead atoms. The molecule has 0 aliphatic rings. The van der Waals surface area contributed by atoms with Crippen molar-refractivity contribution in [1.82, 2.24) is 14.5 Å². The summed E-state index contributed by atoms with van der Waals surface area (Å²) in [5.41, 5.74) is 1.18. The molecule has 0 radical (unpaired) electrons. The fourth-order valence-corrected chi connectivity index (χ4v) is 4.21. The van der Waals surface area contributed by atoms with E-state index in [1.165, 1.54) is 0 Å². The Balaban J connectivity index is 2.84. The van der Waals surface area contributed by atoms with Gasteiger partial charge >= 0.3 is 0 Å². The number of halogens is 1. The van der Waals surface area contributed by atoms with Crippen molar-refractivity contribution in [3.63, 3.8) is 0 Å². The van der Waals surface area contributed by atoms with E-state index in [1.54, 1.807) is 25.6 Å². The topological polar surface area (TPSA) is 64.0 Å². The van der Waals surface area contributed by atoms with E-state index in [4.69, 9.17) is 11.6 Å². The van der Waals surface area contributed by atoms with Crippen LogP contribution in [0.2, 0.25) is 0 Å². The summed E-state index contributed by atoms with van der Waals surface area (Å²) in [6, 6.07) is 0. The highest BCUT2D eigenvalue weighted by Gasteiger charge is 2.24. The number of nitrogens with zero attached hydrogens (tertiary/aromatic N) is 2. The molecule has 0 fully saturated rings. The average Bonchev–Trinajstić information content (AvgIpc) is 2.61. The van der Waals surface area contributed by atoms with Gasteiger partial charge in [-0.05, 0) is 32.6 Å². The maximum Gasteiger partial charge on any atom is 0.244 e. The van der Waals surface area contributed by atoms with Crippen LogP contribution < -0.4 is 4.72 Å². The van der Waals surface area contributed by atoms with Gasteiger partial charge in [0.15, 0.2) is 0 Å². The predicted octanol–water partition coefficient (Wildman–Crippen LogP) is 2.36. The Morgan fingerprint density at radius 2 is 2.00 bits per heavy atom. The molecule has 0 saturated heterocycles. The highest BCUT2D eigenvalue weighted by molar-refractivity contribution is 7.89. The van der Waals surface area contributed by atoms with Crippen LogP contribution in [-0.4, -0.2) is 30.6 Å². The number of aryl methyl sites for hydroxylation is 2. The number of sulfonamides is 1. The average molecular weight is 322 g/mol. The van der Waals surface area contributed by atoms with Crippen LogP contribution in [0.4, 0.5) is 0 Å². The van der Waals surface area contributed by atoms with Crippen LogP contribution in [0.25, 0.3) is 0 Å². The fraction of sp³-hybridized carbons (Fsp3) is 0.769. The van der Waals surface area contributed by atoms with E-state index in [0.717, 1.165) is 19.3 Å². The zero-order chi connectivity index (χ0) is 15.3. The molecule has 0 saturated carbocycles. The van der Waals surface area contributed by atoms with Crippen molar-refractivity contribution in [3.05, 3.63) is 11.4 Å². The largest absolute Gasteiger partial charge is 0.271 e. The summed E-state index contributed by atoms with van der Waals surface area (Å²) in [7, 11) is -1.76. The highest BCUT2D eigenvalue weighted by atomic mass is 35.5. The monoisotopic (exact) mass is 321 g/mol. The lowest BCUT2D eigenvalue weighted by Gasteiger charge is -2.15. The van der Waals surface area contributed by atoms with Crippen molar-refractivity contribution < 1.29 is 8.42 Å². The van der Waals surface area contributed by atoms with Gasteiger partial charge in [0, 0.05) is 19.5 Å². The molecular formula is C13H24ClN3O2S. The maximum absolute atomic E-state index is 12.4. The number of hydrogen-bond donors (Lipinski definition) is 1. The van der Waals surface area contributed by atoms with Gasteiger partial charge in [-0.15, -0.1) is 11.6 Å². The lowest BCUT2D eigenvalue weighted by atomic mass is 10.0. The van der Waals surface area contributed by atoms with Gasteiger partial charge in [0.2, 0.25) is 10.0 Å². The first-order valence-corrected chi connectivity index (χ1v) is 8.91. The number of hydrogen-bond acceptors (Lipinski definition) is 3. The van der Waals surface area contributed by atoms with Gasteiger partial charge in [0.25, 0.3) is 0 Å². The Labute approximate surface area is 126 Å². The smallest absolute Gasteiger partial charge is 0.244 e. The van der Waals surface area contributed by atoms with E-state index in [9.17, 15) is 8.42 Å². The van der Waals surface area contributed by atoms with Crippen LogP contribution in [0.15, 0.2) is 4.90 Å². The van der Waals surface area contributed by atoms with E-state index in [2.05, 4.69) is 16.7 Å². The highest BCUT2D eigenvalue weighted by Crippen LogP contribution is 2.19. The molecule has 20 heavy (non-hydrogen) atoms. The predicted molar refractivity (Wildman–Crippen MR) is 81.6 cm³/mol. The molecule has 1 atom stereocenters. The first kappa shape index (κ1) is 17.5. The van der Waals surface area contributed by atoms with Gasteiger partial charge in [-0.3, -0.25) is 4.68 Å². The summed E-state index contributed by atoms with van der Waals surface area (Å²) in [6.07, 6.45) is 2.82. The summed E-state index contributed by atoms with van der Waals surface area (Å²) in [4.78, 5) is 0.293. The second-order valence-electron chi connectivity index (χ2n) is 5.11. The number of rotatable bonds is 8. The van der Waals surface area contributed by atoms with Crippen molar-refractivity contribution >= 4 is 21.6 Å². The van der Waals surface area contributed by atoms with Crippen molar-refractivity contribution in [3.8, 4) is 0 Å². The third-order valence-electron chi connectivity index (χ3n) is 3.49. The van der Waals surface area contributed by atoms with E-state index >= 15 is 0 Å². The summed E-state index contributed by atoms with van der Waals surface area (Å²) in [5, 5.41) is 4.15. The minimum absolute atomic E-state index is 0.282. The van der Waals surface area contributed by atoms with Crippen LogP contribution in [-0.2, 0) is 17.1 Å². The van der Waals surface area contributed by atoms with Crippen molar-refractivity contribution in [2.75, 3.05) is 12.4 Å². The Morgan fingerprint density at radius 1 is 1.35 bits per heavy atom. The number of nitrogens with one attached hydrogen (secondary N) is 1. The quantitative estimate of drug-likeness (QED) is 0.748. The fourth-order valence-electron chi connectivity index (χ4n) is 2.35. The van der Waals surface area contributed by atoms with Crippen molar-refractivity contribution in [1.29, 1.82) is 0 Å². The molecule has 1 N–H and O–H groups in total. The molecular weight excluding hydrogens is 298 g/mol. The Morgan fingerprint density at radius 3 is 2.45 bits per heavy atom. The molecule has 7 heteroatoms. The molecule has 0 spiro atoms. The first-order chi connectivity index (χ1) is 9.33. The summed E-state index contributed by atoms with van der Waals surface area (Å²) >= 11 is 5.76. The van der Waals surface area contributed by atoms with Crippen LogP contribution in [0, 0.1) is 19.8 Å². The molecule has 1 aromatic heterocycles. The second kappa shape index (κ2) is 7.43. The Hall–Kier alpha value is -0.590. The van der Waals surface area contributed by atoms with Gasteiger partial charge in [0.05, 0.1) is 11.4 Å². The van der Waals surface area contributed by atoms with E-state index in [1.807, 2.05) is 0 Å². The summed E-state index contributed by atoms with van der Waals surface area (Å²) in [5.74, 6) is 0.835. The SMILES string of the molecule is CCCC(CCCl)CNS(=O)(=O)c1c(C)nn(C)c1C. The third-order valence-corrected chi connectivity index (χ3v) is 5.38. The van der Waals surface area contributed by atoms with E-state index in [0.29, 0.717) is 28.7 Å². The molecule has 0 aliphatic heterocycles. The van der Waals surface area contributed by atoms with Gasteiger partial charge in [-0.2, -0.15) is 5.10 Å². The number of alkyl halides is 1. The van der Waals surface area contributed by atoms with Crippen LogP contribution in [0.5, 0.6) is 0 Å². The van der Waals surface area contributed by atoms with E-state index in [-0.39, 0.29) is 5.92 Å². The molecule has 0 amide bonds. The molecule has 0 aromatic carbocycles. The van der Waals surface area contributed by atoms with Crippen molar-refractivity contribution in [2.24, 2.45) is 13.0 Å². The lowest BCUT2D eigenvalue weighted by molar-refractivity contribution is 0.457. The third kappa shape index (κ3) is 4.20. The molecule has 0 aliphatic carbocycles. The Bertz CT molecular complexity index is 534. The Kier molecular flexibility index (Phi) is 6.48. The molecule has 1 rings (SSSR count). The number of aromatic nitrogens is 2. The van der Waals surface area contributed by atoms with Gasteiger partial charge in [0.1, 0.15) is 4.90 Å². The molecule has 116 valence electrons. The lowest BCUT2D eigenvalue weighted by Crippen LogP contribution is -2.30. The molecule has 1 aromatic rings. The standard InChI is InChI=1S/C13H24ClN3O2S/c1-5-6-12(7-8-14)9-15-20(18,19)13-10(2)16-17(4)11(13)3/h12,15H,5-9H2,1-4H3. The van der Waals surface area contributed by atoms with Crippen LogP contribution in [0.1, 0.15) is 37.6 Å². The minimum atomic E-state index is -3.51. The van der Waals surface area contributed by atoms with Crippen molar-refractivity contribution in [2.45, 2.75) is 44.9 Å². The normalized spacial score (nSPS) is 13.7. The minimum Gasteiger partial charge on any atom is -0.271 e.